The number of methoxy groups -OCH3 is 2. The zero-order valence-electron chi connectivity index (χ0n) is 6.59. The molecule has 0 fully saturated rings. The molecule has 5 nitrogen and oxygen atoms in total. The highest BCUT2D eigenvalue weighted by Gasteiger charge is 2.27. The number of alkyl halides is 1. The summed E-state index contributed by atoms with van der Waals surface area (Å²) in [5.41, 5.74) is -0.633. The first-order valence-corrected chi connectivity index (χ1v) is 3.36. The first-order valence-electron chi connectivity index (χ1n) is 2.93. The van der Waals surface area contributed by atoms with Crippen LogP contribution >= 0.6 is 11.6 Å². The molecule has 0 aromatic rings. The summed E-state index contributed by atoms with van der Waals surface area (Å²) in [7, 11) is 2.21. The van der Waals surface area contributed by atoms with Crippen LogP contribution in [0.3, 0.4) is 0 Å². The third-order valence-electron chi connectivity index (χ3n) is 1.07. The number of nitrogens with one attached hydrogen (secondary N) is 1. The van der Waals surface area contributed by atoms with Crippen LogP contribution in [0, 0.1) is 5.41 Å². The van der Waals surface area contributed by atoms with E-state index in [0.717, 1.165) is 14.2 Å². The first-order chi connectivity index (χ1) is 5.54. The maximum absolute atomic E-state index is 10.7. The lowest BCUT2D eigenvalue weighted by Crippen LogP contribution is -2.32. The van der Waals surface area contributed by atoms with Crippen LogP contribution in [-0.2, 0) is 19.1 Å². The number of halogens is 1. The average molecular weight is 194 g/mol. The number of hydrogen-bond acceptors (Lipinski definition) is 5. The second kappa shape index (κ2) is 4.71. The van der Waals surface area contributed by atoms with E-state index in [1.54, 1.807) is 0 Å². The fourth-order valence-corrected chi connectivity index (χ4v) is 0.613. The highest BCUT2D eigenvalue weighted by molar-refractivity contribution is 6.54. The predicted octanol–water partition coefficient (Wildman–Crippen LogP) is -0.0404. The van der Waals surface area contributed by atoms with Gasteiger partial charge >= 0.3 is 11.9 Å². The lowest BCUT2D eigenvalue weighted by Gasteiger charge is -2.05. The molecule has 0 rings (SSSR count). The van der Waals surface area contributed by atoms with Gasteiger partial charge in [0, 0.05) is 0 Å². The number of ether oxygens (including phenoxy) is 2. The van der Waals surface area contributed by atoms with Gasteiger partial charge in [-0.3, -0.25) is 10.2 Å². The Balaban J connectivity index is 4.29. The Morgan fingerprint density at radius 2 is 1.83 bits per heavy atom. The molecule has 0 heterocycles. The van der Waals surface area contributed by atoms with Crippen molar-refractivity contribution in [1.82, 2.24) is 0 Å². The lowest BCUT2D eigenvalue weighted by molar-refractivity contribution is -0.140. The van der Waals surface area contributed by atoms with Gasteiger partial charge in [0.25, 0.3) is 0 Å². The van der Waals surface area contributed by atoms with Crippen molar-refractivity contribution in [2.45, 2.75) is 5.38 Å². The molecule has 1 atom stereocenters. The van der Waals surface area contributed by atoms with Gasteiger partial charge in [0.15, 0.2) is 5.38 Å². The van der Waals surface area contributed by atoms with Crippen molar-refractivity contribution in [2.75, 3.05) is 14.2 Å². The van der Waals surface area contributed by atoms with E-state index in [1.807, 2.05) is 0 Å². The van der Waals surface area contributed by atoms with Gasteiger partial charge in [-0.15, -0.1) is 11.6 Å². The number of esters is 2. The molecule has 68 valence electrons. The topological polar surface area (TPSA) is 76.5 Å². The van der Waals surface area contributed by atoms with Gasteiger partial charge in [-0.05, 0) is 0 Å². The molecule has 1 unspecified atom stereocenters. The van der Waals surface area contributed by atoms with E-state index in [2.05, 4.69) is 9.47 Å². The molecule has 0 aliphatic rings. The van der Waals surface area contributed by atoms with Crippen molar-refractivity contribution in [3.05, 3.63) is 0 Å². The van der Waals surface area contributed by atoms with Crippen molar-refractivity contribution in [3.63, 3.8) is 0 Å². The van der Waals surface area contributed by atoms with E-state index in [9.17, 15) is 9.59 Å². The fourth-order valence-electron chi connectivity index (χ4n) is 0.435. The van der Waals surface area contributed by atoms with E-state index in [4.69, 9.17) is 17.0 Å². The Kier molecular flexibility index (Phi) is 4.28. The predicted molar refractivity (Wildman–Crippen MR) is 41.4 cm³/mol. The zero-order valence-corrected chi connectivity index (χ0v) is 7.34. The fraction of sp³-hybridized carbons (Fsp3) is 0.500. The van der Waals surface area contributed by atoms with Gasteiger partial charge in [-0.2, -0.15) is 0 Å². The monoisotopic (exact) mass is 193 g/mol. The van der Waals surface area contributed by atoms with Gasteiger partial charge in [-0.1, -0.05) is 0 Å². The van der Waals surface area contributed by atoms with Gasteiger partial charge in [0.1, 0.15) is 5.71 Å². The highest BCUT2D eigenvalue weighted by Crippen LogP contribution is 2.01. The van der Waals surface area contributed by atoms with Crippen LogP contribution < -0.4 is 0 Å². The summed E-state index contributed by atoms with van der Waals surface area (Å²) in [6.07, 6.45) is 0. The maximum atomic E-state index is 10.7. The lowest BCUT2D eigenvalue weighted by atomic mass is 10.2. The summed E-state index contributed by atoms with van der Waals surface area (Å²) in [6, 6.07) is 0. The Hall–Kier alpha value is -1.10. The van der Waals surface area contributed by atoms with Crippen LogP contribution in [0.2, 0.25) is 0 Å². The Morgan fingerprint density at radius 3 is 2.17 bits per heavy atom. The van der Waals surface area contributed by atoms with Crippen molar-refractivity contribution in [3.8, 4) is 0 Å². The van der Waals surface area contributed by atoms with Gasteiger partial charge in [0.05, 0.1) is 14.2 Å². The summed E-state index contributed by atoms with van der Waals surface area (Å²) in [4.78, 5) is 21.3. The molecule has 0 aliphatic carbocycles. The van der Waals surface area contributed by atoms with Gasteiger partial charge in [-0.25, -0.2) is 4.79 Å². The molecule has 0 saturated carbocycles. The summed E-state index contributed by atoms with van der Waals surface area (Å²) in [5.74, 6) is -1.80. The average Bonchev–Trinajstić information content (AvgIpc) is 2.12. The van der Waals surface area contributed by atoms with Gasteiger partial charge in [0.2, 0.25) is 0 Å². The van der Waals surface area contributed by atoms with Crippen molar-refractivity contribution < 1.29 is 19.1 Å². The summed E-state index contributed by atoms with van der Waals surface area (Å²) in [6.45, 7) is 0. The highest BCUT2D eigenvalue weighted by atomic mass is 35.5. The van der Waals surface area contributed by atoms with Crippen molar-refractivity contribution in [1.29, 1.82) is 5.41 Å². The summed E-state index contributed by atoms with van der Waals surface area (Å²) < 4.78 is 8.38. The number of hydrogen-bond donors (Lipinski definition) is 1. The molecule has 0 aliphatic heterocycles. The Bertz CT molecular complexity index is 216. The molecule has 6 heteroatoms. The van der Waals surface area contributed by atoms with Crippen LogP contribution in [0.15, 0.2) is 0 Å². The molecule has 0 aromatic heterocycles. The quantitative estimate of drug-likeness (QED) is 0.388. The smallest absolute Gasteiger partial charge is 0.353 e. The largest absolute Gasteiger partial charge is 0.468 e. The Labute approximate surface area is 74.1 Å². The third kappa shape index (κ3) is 2.50. The SMILES string of the molecule is COC(=O)C(=N)C(Cl)C(=O)OC. The van der Waals surface area contributed by atoms with E-state index >= 15 is 0 Å². The normalized spacial score (nSPS) is 11.6. The van der Waals surface area contributed by atoms with Crippen LogP contribution in [0.4, 0.5) is 0 Å². The molecule has 0 aromatic carbocycles. The number of rotatable bonds is 3. The maximum Gasteiger partial charge on any atom is 0.353 e. The van der Waals surface area contributed by atoms with Crippen LogP contribution in [0.5, 0.6) is 0 Å². The van der Waals surface area contributed by atoms with Crippen LogP contribution in [-0.4, -0.2) is 37.2 Å². The second-order valence-electron chi connectivity index (χ2n) is 1.79. The molecule has 0 spiro atoms. The van der Waals surface area contributed by atoms with Crippen LogP contribution in [0.25, 0.3) is 0 Å². The minimum Gasteiger partial charge on any atom is -0.468 e. The number of carbonyl (C=O) groups is 2. The van der Waals surface area contributed by atoms with E-state index in [-0.39, 0.29) is 0 Å². The Morgan fingerprint density at radius 1 is 1.33 bits per heavy atom. The minimum absolute atomic E-state index is 0.633. The van der Waals surface area contributed by atoms with E-state index in [0.29, 0.717) is 0 Å². The molecule has 12 heavy (non-hydrogen) atoms. The van der Waals surface area contributed by atoms with Crippen LogP contribution in [0.1, 0.15) is 0 Å². The van der Waals surface area contributed by atoms with Crippen molar-refractivity contribution >= 4 is 29.3 Å². The molecule has 0 saturated heterocycles. The van der Waals surface area contributed by atoms with E-state index in [1.165, 1.54) is 0 Å². The molecule has 0 amide bonds. The minimum atomic E-state index is -1.40. The summed E-state index contributed by atoms with van der Waals surface area (Å²) >= 11 is 5.36. The second-order valence-corrected chi connectivity index (χ2v) is 2.23. The van der Waals surface area contributed by atoms with Gasteiger partial charge < -0.3 is 9.47 Å². The molecule has 1 N–H and O–H groups in total. The summed E-state index contributed by atoms with van der Waals surface area (Å²) in [5, 5.41) is 5.63. The molecular formula is C6H8ClNO4. The molecular weight excluding hydrogens is 186 g/mol. The third-order valence-corrected chi connectivity index (χ3v) is 1.46. The standard InChI is InChI=1S/C6H8ClNO4/c1-11-5(9)3(7)4(8)6(10)12-2/h3,8H,1-2H3. The van der Waals surface area contributed by atoms with Crippen molar-refractivity contribution in [2.24, 2.45) is 0 Å². The molecule has 0 bridgehead atoms. The molecule has 0 radical (unpaired) electrons. The first kappa shape index (κ1) is 10.9. The van der Waals surface area contributed by atoms with E-state index < -0.39 is 23.0 Å². The number of carbonyl (C=O) groups excluding carboxylic acids is 2. The zero-order chi connectivity index (χ0) is 9.72.